The number of halogens is 1. The zero-order valence-electron chi connectivity index (χ0n) is 9.38. The molecule has 0 bridgehead atoms. The molecule has 1 aromatic heterocycles. The van der Waals surface area contributed by atoms with E-state index in [4.69, 9.17) is 5.73 Å². The average molecular weight is 235 g/mol. The Morgan fingerprint density at radius 2 is 2.00 bits per heavy atom. The molecule has 1 heterocycles. The van der Waals surface area contributed by atoms with Gasteiger partial charge >= 0.3 is 0 Å². The third kappa shape index (κ3) is 2.01. The minimum Gasteiger partial charge on any atom is -0.326 e. The van der Waals surface area contributed by atoms with Crippen LogP contribution >= 0.6 is 11.3 Å². The molecule has 1 aromatic carbocycles. The Labute approximate surface area is 98.7 Å². The number of aryl methyl sites for hydroxylation is 2. The van der Waals surface area contributed by atoms with Gasteiger partial charge in [-0.1, -0.05) is 6.07 Å². The van der Waals surface area contributed by atoms with Crippen molar-refractivity contribution in [2.75, 3.05) is 0 Å². The molecule has 0 fully saturated rings. The number of rotatable bonds is 2. The Hall–Kier alpha value is -1.19. The lowest BCUT2D eigenvalue weighted by atomic mass is 10.0. The molecule has 0 aliphatic carbocycles. The first-order valence-electron chi connectivity index (χ1n) is 5.17. The lowest BCUT2D eigenvalue weighted by Gasteiger charge is -2.06. The van der Waals surface area contributed by atoms with Crippen LogP contribution in [0.5, 0.6) is 0 Å². The summed E-state index contributed by atoms with van der Waals surface area (Å²) in [5.74, 6) is -0.150. The molecule has 0 saturated carbocycles. The molecule has 0 amide bonds. The van der Waals surface area contributed by atoms with E-state index >= 15 is 0 Å². The summed E-state index contributed by atoms with van der Waals surface area (Å²) in [5, 5.41) is 0. The van der Waals surface area contributed by atoms with Crippen molar-refractivity contribution in [1.82, 2.24) is 0 Å². The van der Waals surface area contributed by atoms with Gasteiger partial charge in [0.1, 0.15) is 5.82 Å². The van der Waals surface area contributed by atoms with Crippen LogP contribution in [0.15, 0.2) is 24.3 Å². The molecule has 0 aliphatic heterocycles. The minimum atomic E-state index is -0.150. The summed E-state index contributed by atoms with van der Waals surface area (Å²) in [4.78, 5) is 2.03. The molecule has 0 aliphatic rings. The zero-order valence-corrected chi connectivity index (χ0v) is 10.2. The van der Waals surface area contributed by atoms with Crippen LogP contribution < -0.4 is 5.73 Å². The summed E-state index contributed by atoms with van der Waals surface area (Å²) in [6.45, 7) is 4.35. The van der Waals surface area contributed by atoms with Crippen LogP contribution in [-0.2, 0) is 6.54 Å². The fourth-order valence-corrected chi connectivity index (χ4v) is 2.85. The van der Waals surface area contributed by atoms with Crippen LogP contribution in [0.1, 0.15) is 16.0 Å². The quantitative estimate of drug-likeness (QED) is 0.845. The molecule has 2 rings (SSSR count). The Bertz CT molecular complexity index is 493. The van der Waals surface area contributed by atoms with Gasteiger partial charge in [-0.25, -0.2) is 4.39 Å². The van der Waals surface area contributed by atoms with Gasteiger partial charge in [-0.3, -0.25) is 0 Å². The smallest absolute Gasteiger partial charge is 0.132 e. The van der Waals surface area contributed by atoms with Gasteiger partial charge in [0.2, 0.25) is 0 Å². The highest BCUT2D eigenvalue weighted by molar-refractivity contribution is 7.15. The molecule has 0 atom stereocenters. The summed E-state index contributed by atoms with van der Waals surface area (Å²) in [6.07, 6.45) is 0. The van der Waals surface area contributed by atoms with Crippen LogP contribution in [-0.4, -0.2) is 0 Å². The van der Waals surface area contributed by atoms with E-state index in [0.717, 1.165) is 20.9 Å². The van der Waals surface area contributed by atoms with Gasteiger partial charge in [-0.2, -0.15) is 0 Å². The van der Waals surface area contributed by atoms with Crippen molar-refractivity contribution in [3.8, 4) is 10.4 Å². The van der Waals surface area contributed by atoms with Crippen molar-refractivity contribution in [2.24, 2.45) is 5.73 Å². The van der Waals surface area contributed by atoms with E-state index in [-0.39, 0.29) is 5.82 Å². The first kappa shape index (κ1) is 11.3. The molecule has 2 N–H and O–H groups in total. The van der Waals surface area contributed by atoms with Gasteiger partial charge in [0.15, 0.2) is 0 Å². The number of benzene rings is 1. The van der Waals surface area contributed by atoms with E-state index in [9.17, 15) is 4.39 Å². The van der Waals surface area contributed by atoms with E-state index in [1.54, 1.807) is 17.4 Å². The predicted octanol–water partition coefficient (Wildman–Crippen LogP) is 3.63. The Morgan fingerprint density at radius 1 is 1.25 bits per heavy atom. The molecule has 1 nitrogen and oxygen atoms in total. The van der Waals surface area contributed by atoms with E-state index in [1.807, 2.05) is 32.0 Å². The molecule has 2 aromatic rings. The van der Waals surface area contributed by atoms with Crippen molar-refractivity contribution in [3.05, 3.63) is 46.1 Å². The summed E-state index contributed by atoms with van der Waals surface area (Å²) in [7, 11) is 0. The number of thiophene rings is 1. The molecule has 16 heavy (non-hydrogen) atoms. The normalized spacial score (nSPS) is 10.8. The van der Waals surface area contributed by atoms with Gasteiger partial charge in [0.25, 0.3) is 0 Å². The topological polar surface area (TPSA) is 26.0 Å². The molecule has 0 saturated heterocycles. The summed E-state index contributed by atoms with van der Waals surface area (Å²) in [5.41, 5.74) is 8.19. The molecule has 3 heteroatoms. The predicted molar refractivity (Wildman–Crippen MR) is 67.1 cm³/mol. The van der Waals surface area contributed by atoms with Crippen LogP contribution in [0.4, 0.5) is 4.39 Å². The Kier molecular flexibility index (Phi) is 3.08. The molecular weight excluding hydrogens is 221 g/mol. The minimum absolute atomic E-state index is 0.150. The third-order valence-corrected chi connectivity index (χ3v) is 3.67. The van der Waals surface area contributed by atoms with Crippen molar-refractivity contribution < 1.29 is 4.39 Å². The lowest BCUT2D eigenvalue weighted by Crippen LogP contribution is -1.91. The van der Waals surface area contributed by atoms with Gasteiger partial charge in [0, 0.05) is 21.9 Å². The molecule has 0 radical (unpaired) electrons. The number of hydrogen-bond donors (Lipinski definition) is 1. The second-order valence-electron chi connectivity index (χ2n) is 3.91. The summed E-state index contributed by atoms with van der Waals surface area (Å²) >= 11 is 1.56. The summed E-state index contributed by atoms with van der Waals surface area (Å²) in [6, 6.07) is 7.47. The second kappa shape index (κ2) is 4.36. The van der Waals surface area contributed by atoms with Crippen molar-refractivity contribution >= 4 is 11.3 Å². The molecular formula is C13H14FNS. The summed E-state index contributed by atoms with van der Waals surface area (Å²) < 4.78 is 13.9. The van der Waals surface area contributed by atoms with E-state index in [2.05, 4.69) is 0 Å². The van der Waals surface area contributed by atoms with Gasteiger partial charge in [-0.15, -0.1) is 11.3 Å². The Balaban J connectivity index is 2.55. The first-order valence-corrected chi connectivity index (χ1v) is 5.99. The average Bonchev–Trinajstić information content (AvgIpc) is 2.64. The highest BCUT2D eigenvalue weighted by Crippen LogP contribution is 2.33. The molecule has 0 spiro atoms. The highest BCUT2D eigenvalue weighted by atomic mass is 32.1. The maximum atomic E-state index is 13.9. The van der Waals surface area contributed by atoms with Crippen molar-refractivity contribution in [1.29, 1.82) is 0 Å². The van der Waals surface area contributed by atoms with Gasteiger partial charge in [0.05, 0.1) is 0 Å². The van der Waals surface area contributed by atoms with Crippen molar-refractivity contribution in [3.63, 3.8) is 0 Å². The second-order valence-corrected chi connectivity index (χ2v) is 5.08. The monoisotopic (exact) mass is 235 g/mol. The lowest BCUT2D eigenvalue weighted by molar-refractivity contribution is 0.629. The Morgan fingerprint density at radius 3 is 2.56 bits per heavy atom. The van der Waals surface area contributed by atoms with Crippen LogP contribution in [0.2, 0.25) is 0 Å². The number of hydrogen-bond acceptors (Lipinski definition) is 2. The SMILES string of the molecule is Cc1cc(C)c(-c2ccc(CN)s2)c(F)c1. The fourth-order valence-electron chi connectivity index (χ4n) is 1.85. The van der Waals surface area contributed by atoms with Crippen LogP contribution in [0.25, 0.3) is 10.4 Å². The van der Waals surface area contributed by atoms with Crippen LogP contribution in [0, 0.1) is 19.7 Å². The molecule has 0 unspecified atom stereocenters. The maximum absolute atomic E-state index is 13.9. The first-order chi connectivity index (χ1) is 7.61. The highest BCUT2D eigenvalue weighted by Gasteiger charge is 2.11. The van der Waals surface area contributed by atoms with Gasteiger partial charge < -0.3 is 5.73 Å². The molecule has 84 valence electrons. The van der Waals surface area contributed by atoms with E-state index in [0.29, 0.717) is 12.1 Å². The zero-order chi connectivity index (χ0) is 11.7. The van der Waals surface area contributed by atoms with Crippen molar-refractivity contribution in [2.45, 2.75) is 20.4 Å². The maximum Gasteiger partial charge on any atom is 0.132 e. The third-order valence-electron chi connectivity index (χ3n) is 2.54. The van der Waals surface area contributed by atoms with Gasteiger partial charge in [-0.05, 0) is 43.2 Å². The van der Waals surface area contributed by atoms with E-state index < -0.39 is 0 Å². The van der Waals surface area contributed by atoms with E-state index in [1.165, 1.54) is 0 Å². The largest absolute Gasteiger partial charge is 0.326 e. The fraction of sp³-hybridized carbons (Fsp3) is 0.231. The van der Waals surface area contributed by atoms with Crippen LogP contribution in [0.3, 0.4) is 0 Å². The number of nitrogens with two attached hydrogens (primary N) is 1. The standard InChI is InChI=1S/C13H14FNS/c1-8-5-9(2)13(11(14)6-8)12-4-3-10(7-15)16-12/h3-6H,7,15H2,1-2H3.